The third-order valence-corrected chi connectivity index (χ3v) is 5.56. The van der Waals surface area contributed by atoms with Crippen LogP contribution in [0.5, 0.6) is 5.75 Å². The maximum absolute atomic E-state index is 12.1. The summed E-state index contributed by atoms with van der Waals surface area (Å²) in [5, 5.41) is 11.3. The van der Waals surface area contributed by atoms with E-state index in [2.05, 4.69) is 56.2 Å². The van der Waals surface area contributed by atoms with Gasteiger partial charge in [0.25, 0.3) is 5.91 Å². The Kier molecular flexibility index (Phi) is 6.84. The summed E-state index contributed by atoms with van der Waals surface area (Å²) in [4.78, 5) is 12.1. The largest absolute Gasteiger partial charge is 0.483 e. The van der Waals surface area contributed by atoms with Crippen LogP contribution in [0.15, 0.2) is 22.5 Å². The molecule has 1 aromatic carbocycles. The Hall–Kier alpha value is -1.60. The number of nitrogens with zero attached hydrogens (tertiary/aromatic N) is 2. The maximum Gasteiger partial charge on any atom is 0.264 e. The molecule has 0 aliphatic rings. The molecule has 0 saturated carbocycles. The molecule has 1 amide bonds. The molecule has 1 heterocycles. The van der Waals surface area contributed by atoms with E-state index in [1.54, 1.807) is 11.8 Å². The summed E-state index contributed by atoms with van der Waals surface area (Å²) in [5.41, 5.74) is 2.21. The van der Waals surface area contributed by atoms with Gasteiger partial charge >= 0.3 is 0 Å². The summed E-state index contributed by atoms with van der Waals surface area (Å²) in [6, 6.07) is 6.02. The lowest BCUT2D eigenvalue weighted by Crippen LogP contribution is -2.22. The molecule has 7 heteroatoms. The lowest BCUT2D eigenvalue weighted by molar-refractivity contribution is -0.118. The number of hydrogen-bond acceptors (Lipinski definition) is 6. The number of aromatic nitrogens is 2. The van der Waals surface area contributed by atoms with E-state index in [0.717, 1.165) is 27.8 Å². The minimum atomic E-state index is -0.233. The number of ether oxygens (including phenoxy) is 1. The Morgan fingerprint density at radius 3 is 2.76 bits per heavy atom. The van der Waals surface area contributed by atoms with Crippen molar-refractivity contribution in [2.45, 2.75) is 50.8 Å². The van der Waals surface area contributed by atoms with Crippen LogP contribution in [0.1, 0.15) is 45.2 Å². The van der Waals surface area contributed by atoms with Crippen LogP contribution < -0.4 is 10.1 Å². The van der Waals surface area contributed by atoms with Crippen molar-refractivity contribution in [1.82, 2.24) is 10.2 Å². The zero-order chi connectivity index (χ0) is 18.4. The van der Waals surface area contributed by atoms with Crippen LogP contribution in [-0.4, -0.2) is 28.5 Å². The van der Waals surface area contributed by atoms with Crippen LogP contribution in [0, 0.1) is 6.92 Å². The highest BCUT2D eigenvalue weighted by molar-refractivity contribution is 8.01. The molecule has 2 aromatic rings. The van der Waals surface area contributed by atoms with E-state index in [4.69, 9.17) is 4.74 Å². The number of carbonyl (C=O) groups is 1. The first-order valence-corrected chi connectivity index (χ1v) is 10.1. The molecule has 0 aliphatic heterocycles. The molecule has 5 nitrogen and oxygen atoms in total. The highest BCUT2D eigenvalue weighted by atomic mass is 32.2. The number of aryl methyl sites for hydroxylation is 1. The van der Waals surface area contributed by atoms with E-state index in [9.17, 15) is 4.79 Å². The number of benzene rings is 1. The van der Waals surface area contributed by atoms with E-state index >= 15 is 0 Å². The molecule has 2 rings (SSSR count). The summed E-state index contributed by atoms with van der Waals surface area (Å²) in [7, 11) is 0. The minimum Gasteiger partial charge on any atom is -0.483 e. The fourth-order valence-electron chi connectivity index (χ4n) is 2.16. The molecule has 1 aromatic heterocycles. The third kappa shape index (κ3) is 6.01. The number of thioether (sulfide) groups is 1. The fourth-order valence-corrected chi connectivity index (χ4v) is 3.86. The molecule has 0 radical (unpaired) electrons. The van der Waals surface area contributed by atoms with Crippen molar-refractivity contribution in [3.8, 4) is 5.75 Å². The first-order chi connectivity index (χ1) is 11.8. The number of amides is 1. The lowest BCUT2D eigenvalue weighted by atomic mass is 9.85. The van der Waals surface area contributed by atoms with Crippen molar-refractivity contribution < 1.29 is 9.53 Å². The molecule has 0 atom stereocenters. The summed E-state index contributed by atoms with van der Waals surface area (Å²) < 4.78 is 6.63. The minimum absolute atomic E-state index is 0.0524. The molecule has 0 fully saturated rings. The topological polar surface area (TPSA) is 64.1 Å². The Labute approximate surface area is 157 Å². The van der Waals surface area contributed by atoms with Crippen molar-refractivity contribution in [2.24, 2.45) is 0 Å². The zero-order valence-corrected chi connectivity index (χ0v) is 17.0. The standard InChI is InChI=1S/C18H25N3O2S2/c1-6-9-24-17-21-20-16(25-17)19-15(22)11-23-14-8-7-12(2)10-13(14)18(3,4)5/h7-8,10H,6,9,11H2,1-5H3,(H,19,20,22). The summed E-state index contributed by atoms with van der Waals surface area (Å²) in [5.74, 6) is 1.50. The SMILES string of the molecule is CCCSc1nnc(NC(=O)COc2ccc(C)cc2C(C)(C)C)s1. The molecule has 0 bridgehead atoms. The number of hydrogen-bond donors (Lipinski definition) is 1. The molecule has 1 N–H and O–H groups in total. The summed E-state index contributed by atoms with van der Waals surface area (Å²) in [6.45, 7) is 10.5. The lowest BCUT2D eigenvalue weighted by Gasteiger charge is -2.23. The van der Waals surface area contributed by atoms with Gasteiger partial charge in [-0.25, -0.2) is 0 Å². The second-order valence-corrected chi connectivity index (χ2v) is 9.13. The summed E-state index contributed by atoms with van der Waals surface area (Å²) >= 11 is 3.03. The molecular formula is C18H25N3O2S2. The normalized spacial score (nSPS) is 11.4. The molecule has 0 spiro atoms. The van der Waals surface area contributed by atoms with Gasteiger partial charge in [0.15, 0.2) is 10.9 Å². The van der Waals surface area contributed by atoms with Gasteiger partial charge in [-0.1, -0.05) is 68.5 Å². The monoisotopic (exact) mass is 379 g/mol. The van der Waals surface area contributed by atoms with Gasteiger partial charge in [0, 0.05) is 5.75 Å². The van der Waals surface area contributed by atoms with Gasteiger partial charge < -0.3 is 4.74 Å². The van der Waals surface area contributed by atoms with Crippen LogP contribution in [0.2, 0.25) is 0 Å². The predicted molar refractivity (Wildman–Crippen MR) is 105 cm³/mol. The molecule has 25 heavy (non-hydrogen) atoms. The van der Waals surface area contributed by atoms with E-state index < -0.39 is 0 Å². The average molecular weight is 380 g/mol. The van der Waals surface area contributed by atoms with E-state index in [-0.39, 0.29) is 17.9 Å². The van der Waals surface area contributed by atoms with Crippen LogP contribution in [0.4, 0.5) is 5.13 Å². The first kappa shape index (κ1) is 19.7. The number of rotatable bonds is 7. The van der Waals surface area contributed by atoms with Gasteiger partial charge in [-0.2, -0.15) is 0 Å². The van der Waals surface area contributed by atoms with E-state index in [0.29, 0.717) is 5.13 Å². The Morgan fingerprint density at radius 2 is 2.08 bits per heavy atom. The van der Waals surface area contributed by atoms with Crippen LogP contribution in [0.3, 0.4) is 0 Å². The smallest absolute Gasteiger partial charge is 0.264 e. The van der Waals surface area contributed by atoms with Gasteiger partial charge in [-0.3, -0.25) is 10.1 Å². The maximum atomic E-state index is 12.1. The highest BCUT2D eigenvalue weighted by Gasteiger charge is 2.20. The van der Waals surface area contributed by atoms with E-state index in [1.807, 2.05) is 12.1 Å². The van der Waals surface area contributed by atoms with Crippen molar-refractivity contribution in [1.29, 1.82) is 0 Å². The van der Waals surface area contributed by atoms with Crippen LogP contribution in [0.25, 0.3) is 0 Å². The van der Waals surface area contributed by atoms with Crippen molar-refractivity contribution in [3.05, 3.63) is 29.3 Å². The fraction of sp³-hybridized carbons (Fsp3) is 0.500. The Morgan fingerprint density at radius 1 is 1.32 bits per heavy atom. The van der Waals surface area contributed by atoms with Gasteiger partial charge in [-0.05, 0) is 30.4 Å². The van der Waals surface area contributed by atoms with Gasteiger partial charge in [0.05, 0.1) is 0 Å². The van der Waals surface area contributed by atoms with Crippen molar-refractivity contribution in [2.75, 3.05) is 17.7 Å². The van der Waals surface area contributed by atoms with Crippen molar-refractivity contribution >= 4 is 34.1 Å². The second-order valence-electron chi connectivity index (χ2n) is 6.81. The highest BCUT2D eigenvalue weighted by Crippen LogP contribution is 2.32. The molecule has 0 aliphatic carbocycles. The van der Waals surface area contributed by atoms with Gasteiger partial charge in [0.1, 0.15) is 5.75 Å². The van der Waals surface area contributed by atoms with E-state index in [1.165, 1.54) is 16.9 Å². The third-order valence-electron chi connectivity index (χ3n) is 3.38. The number of anilines is 1. The number of carbonyl (C=O) groups excluding carboxylic acids is 1. The molecule has 136 valence electrons. The second kappa shape index (κ2) is 8.67. The van der Waals surface area contributed by atoms with Crippen LogP contribution >= 0.6 is 23.1 Å². The van der Waals surface area contributed by atoms with Crippen molar-refractivity contribution in [3.63, 3.8) is 0 Å². The summed E-state index contributed by atoms with van der Waals surface area (Å²) in [6.07, 6.45) is 1.08. The molecule has 0 saturated heterocycles. The molecular weight excluding hydrogens is 354 g/mol. The Balaban J connectivity index is 1.95. The van der Waals surface area contributed by atoms with Crippen LogP contribution in [-0.2, 0) is 10.2 Å². The predicted octanol–water partition coefficient (Wildman–Crippen LogP) is 4.66. The number of nitrogens with one attached hydrogen (secondary N) is 1. The Bertz CT molecular complexity index is 723. The zero-order valence-electron chi connectivity index (χ0n) is 15.4. The average Bonchev–Trinajstić information content (AvgIpc) is 2.98. The van der Waals surface area contributed by atoms with Gasteiger partial charge in [-0.15, -0.1) is 10.2 Å². The quantitative estimate of drug-likeness (QED) is 0.560. The molecule has 0 unspecified atom stereocenters. The van der Waals surface area contributed by atoms with Gasteiger partial charge in [0.2, 0.25) is 5.13 Å². The first-order valence-electron chi connectivity index (χ1n) is 8.29.